The van der Waals surface area contributed by atoms with Gasteiger partial charge in [-0.05, 0) is 51.3 Å². The van der Waals surface area contributed by atoms with Gasteiger partial charge in [0.2, 0.25) is 11.8 Å². The molecule has 0 aliphatic carbocycles. The van der Waals surface area contributed by atoms with Crippen molar-refractivity contribution >= 4 is 22.7 Å². The Labute approximate surface area is 199 Å². The quantitative estimate of drug-likeness (QED) is 0.524. The molecule has 1 aromatic heterocycles. The molecule has 3 aliphatic heterocycles. The lowest BCUT2D eigenvalue weighted by Gasteiger charge is -2.35. The predicted molar refractivity (Wildman–Crippen MR) is 127 cm³/mol. The smallest absolute Gasteiger partial charge is 0.234 e. The molecule has 2 N–H and O–H groups in total. The monoisotopic (exact) mass is 471 g/mol. The van der Waals surface area contributed by atoms with Crippen molar-refractivity contribution in [3.8, 4) is 0 Å². The number of rotatable bonds is 4. The SMILES string of the molecule is CC.CC(C)(O)CN1CCC2(c3ccc4ncc(C5CCC(=O)NC5=O)cc4c3F)OC2(C)C1. The number of ether oxygens (including phenoxy) is 1. The third-order valence-electron chi connectivity index (χ3n) is 7.03. The fraction of sp³-hybridized carbons (Fsp3) is 0.577. The van der Waals surface area contributed by atoms with Crippen molar-refractivity contribution < 1.29 is 23.8 Å². The number of halogens is 1. The van der Waals surface area contributed by atoms with Crippen LogP contribution >= 0.6 is 0 Å². The molecule has 34 heavy (non-hydrogen) atoms. The Bertz CT molecular complexity index is 1130. The molecule has 0 spiro atoms. The maximum atomic E-state index is 15.8. The van der Waals surface area contributed by atoms with Crippen LogP contribution in [0.5, 0.6) is 0 Å². The summed E-state index contributed by atoms with van der Waals surface area (Å²) in [6.45, 7) is 11.4. The number of piperidine rings is 2. The Kier molecular flexibility index (Phi) is 6.29. The van der Waals surface area contributed by atoms with Crippen molar-refractivity contribution in [1.82, 2.24) is 15.2 Å². The van der Waals surface area contributed by atoms with Crippen LogP contribution in [0.3, 0.4) is 0 Å². The summed E-state index contributed by atoms with van der Waals surface area (Å²) >= 11 is 0. The van der Waals surface area contributed by atoms with E-state index >= 15 is 4.39 Å². The van der Waals surface area contributed by atoms with Gasteiger partial charge in [-0.15, -0.1) is 0 Å². The van der Waals surface area contributed by atoms with Crippen LogP contribution in [0.4, 0.5) is 4.39 Å². The molecule has 7 nitrogen and oxygen atoms in total. The lowest BCUT2D eigenvalue weighted by atomic mass is 9.80. The summed E-state index contributed by atoms with van der Waals surface area (Å²) in [7, 11) is 0. The molecule has 5 rings (SSSR count). The van der Waals surface area contributed by atoms with Crippen molar-refractivity contribution in [3.05, 3.63) is 41.3 Å². The standard InChI is InChI=1S/C24H28FN3O4.C2H6/c1-22(2,31)12-28-9-8-24(23(3,13-28)32-24)17-5-6-18-16(20(17)25)10-14(11-26-18)15-4-7-19(29)27-21(15)30;1-2/h5-6,10-11,15,31H,4,7-9,12-13H2,1-3H3,(H,27,29,30);1-2H3. The van der Waals surface area contributed by atoms with Crippen LogP contribution in [-0.4, -0.2) is 57.6 Å². The van der Waals surface area contributed by atoms with Crippen molar-refractivity contribution in [2.45, 2.75) is 76.6 Å². The number of hydrogen-bond acceptors (Lipinski definition) is 6. The third kappa shape index (κ3) is 4.23. The topological polar surface area (TPSA) is 95.1 Å². The average molecular weight is 472 g/mol. The van der Waals surface area contributed by atoms with E-state index in [9.17, 15) is 14.7 Å². The van der Waals surface area contributed by atoms with Crippen LogP contribution in [0.1, 0.15) is 70.9 Å². The highest BCUT2D eigenvalue weighted by Crippen LogP contribution is 2.61. The van der Waals surface area contributed by atoms with Crippen molar-refractivity contribution in [2.24, 2.45) is 0 Å². The first-order valence-corrected chi connectivity index (χ1v) is 12.1. The summed E-state index contributed by atoms with van der Waals surface area (Å²) in [5.74, 6) is -1.54. The number of benzene rings is 1. The van der Waals surface area contributed by atoms with Gasteiger partial charge in [0.1, 0.15) is 17.0 Å². The summed E-state index contributed by atoms with van der Waals surface area (Å²) < 4.78 is 22.0. The van der Waals surface area contributed by atoms with Gasteiger partial charge in [-0.1, -0.05) is 19.9 Å². The largest absolute Gasteiger partial charge is 0.389 e. The zero-order chi connectivity index (χ0) is 24.9. The van der Waals surface area contributed by atoms with Gasteiger partial charge in [0.05, 0.1) is 17.0 Å². The van der Waals surface area contributed by atoms with E-state index in [-0.39, 0.29) is 24.1 Å². The van der Waals surface area contributed by atoms with Gasteiger partial charge < -0.3 is 9.84 Å². The summed E-state index contributed by atoms with van der Waals surface area (Å²) in [5, 5.41) is 12.9. The second kappa shape index (κ2) is 8.66. The normalized spacial score (nSPS) is 29.2. The Morgan fingerprint density at radius 3 is 2.71 bits per heavy atom. The highest BCUT2D eigenvalue weighted by molar-refractivity contribution is 6.01. The molecule has 4 heterocycles. The molecule has 3 unspecified atom stereocenters. The number of nitrogens with one attached hydrogen (secondary N) is 1. The first kappa shape index (κ1) is 24.7. The predicted octanol–water partition coefficient (Wildman–Crippen LogP) is 3.38. The van der Waals surface area contributed by atoms with Crippen LogP contribution in [0.2, 0.25) is 0 Å². The summed E-state index contributed by atoms with van der Waals surface area (Å²) in [5.41, 5.74) is -0.405. The molecule has 2 amide bonds. The zero-order valence-electron chi connectivity index (χ0n) is 20.6. The number of carbonyl (C=O) groups is 2. The minimum absolute atomic E-state index is 0.257. The molecular weight excluding hydrogens is 437 g/mol. The second-order valence-corrected chi connectivity index (χ2v) is 10.2. The minimum Gasteiger partial charge on any atom is -0.389 e. The van der Waals surface area contributed by atoms with Gasteiger partial charge in [-0.25, -0.2) is 4.39 Å². The van der Waals surface area contributed by atoms with Crippen LogP contribution in [0, 0.1) is 5.82 Å². The van der Waals surface area contributed by atoms with E-state index in [1.165, 1.54) is 0 Å². The molecule has 0 saturated carbocycles. The van der Waals surface area contributed by atoms with E-state index in [1.807, 2.05) is 20.8 Å². The number of β-amino-alcohol motifs (C(OH)–C–C–N with tert-alkyl or cyclic N) is 1. The Morgan fingerprint density at radius 1 is 1.32 bits per heavy atom. The number of likely N-dealkylation sites (tertiary alicyclic amines) is 1. The molecule has 2 aromatic rings. The van der Waals surface area contributed by atoms with Crippen molar-refractivity contribution in [2.75, 3.05) is 19.6 Å². The maximum Gasteiger partial charge on any atom is 0.234 e. The summed E-state index contributed by atoms with van der Waals surface area (Å²) in [4.78, 5) is 30.3. The van der Waals surface area contributed by atoms with E-state index in [2.05, 4.69) is 15.2 Å². The number of aliphatic hydroxyl groups is 1. The number of epoxide rings is 1. The number of hydrogen-bond donors (Lipinski definition) is 2. The van der Waals surface area contributed by atoms with E-state index < -0.39 is 22.7 Å². The fourth-order valence-corrected chi connectivity index (χ4v) is 5.51. The lowest BCUT2D eigenvalue weighted by molar-refractivity contribution is -0.134. The molecule has 3 atom stereocenters. The minimum atomic E-state index is -0.808. The van der Waals surface area contributed by atoms with Crippen LogP contribution in [-0.2, 0) is 19.9 Å². The van der Waals surface area contributed by atoms with Gasteiger partial charge in [-0.2, -0.15) is 0 Å². The van der Waals surface area contributed by atoms with Crippen LogP contribution in [0.15, 0.2) is 24.4 Å². The number of fused-ring (bicyclic) bond motifs is 2. The third-order valence-corrected chi connectivity index (χ3v) is 7.03. The molecule has 0 radical (unpaired) electrons. The number of imide groups is 1. The Hall–Kier alpha value is -2.42. The van der Waals surface area contributed by atoms with Crippen molar-refractivity contribution in [3.63, 3.8) is 0 Å². The van der Waals surface area contributed by atoms with E-state index in [4.69, 9.17) is 4.74 Å². The van der Waals surface area contributed by atoms with Crippen LogP contribution < -0.4 is 5.32 Å². The van der Waals surface area contributed by atoms with E-state index in [1.54, 1.807) is 38.2 Å². The molecule has 3 saturated heterocycles. The molecule has 3 aliphatic rings. The van der Waals surface area contributed by atoms with Crippen LogP contribution in [0.25, 0.3) is 10.9 Å². The van der Waals surface area contributed by atoms with Crippen molar-refractivity contribution in [1.29, 1.82) is 0 Å². The first-order chi connectivity index (χ1) is 16.0. The average Bonchev–Trinajstić information content (AvgIpc) is 3.40. The number of carbonyl (C=O) groups excluding carboxylic acids is 2. The summed E-state index contributed by atoms with van der Waals surface area (Å²) in [6, 6.07) is 5.23. The van der Waals surface area contributed by atoms with Gasteiger partial charge in [0.15, 0.2) is 0 Å². The molecule has 184 valence electrons. The molecule has 1 aromatic carbocycles. The van der Waals surface area contributed by atoms with E-state index in [0.29, 0.717) is 54.5 Å². The van der Waals surface area contributed by atoms with Gasteiger partial charge >= 0.3 is 0 Å². The lowest BCUT2D eigenvalue weighted by Crippen LogP contribution is -2.49. The Balaban J connectivity index is 0.00000133. The number of pyridine rings is 1. The number of amides is 2. The molecule has 0 bridgehead atoms. The molecular formula is C26H34FN3O4. The fourth-order valence-electron chi connectivity index (χ4n) is 5.51. The number of aromatic nitrogens is 1. The summed E-state index contributed by atoms with van der Waals surface area (Å²) in [6.07, 6.45) is 2.86. The molecule has 8 heteroatoms. The zero-order valence-corrected chi connectivity index (χ0v) is 20.6. The highest BCUT2D eigenvalue weighted by atomic mass is 19.1. The highest BCUT2D eigenvalue weighted by Gasteiger charge is 2.70. The first-order valence-electron chi connectivity index (χ1n) is 12.1. The van der Waals surface area contributed by atoms with Gasteiger partial charge in [0.25, 0.3) is 0 Å². The maximum absolute atomic E-state index is 15.8. The second-order valence-electron chi connectivity index (χ2n) is 10.2. The number of nitrogens with zero attached hydrogens (tertiary/aromatic N) is 2. The van der Waals surface area contributed by atoms with Gasteiger partial charge in [-0.3, -0.25) is 24.8 Å². The van der Waals surface area contributed by atoms with E-state index in [0.717, 1.165) is 0 Å². The van der Waals surface area contributed by atoms with Gasteiger partial charge in [0, 0.05) is 43.2 Å². The Morgan fingerprint density at radius 2 is 2.06 bits per heavy atom. The molecule has 3 fully saturated rings.